The van der Waals surface area contributed by atoms with Crippen LogP contribution in [0.15, 0.2) is 114 Å². The molecule has 2 heterocycles. The molecule has 0 aliphatic carbocycles. The molecule has 0 fully saturated rings. The van der Waals surface area contributed by atoms with Gasteiger partial charge in [0.25, 0.3) is 0 Å². The first-order valence-electron chi connectivity index (χ1n) is 11.2. The summed E-state index contributed by atoms with van der Waals surface area (Å²) in [5, 5.41) is 4.28. The summed E-state index contributed by atoms with van der Waals surface area (Å²) in [4.78, 5) is 0. The third-order valence-electron chi connectivity index (χ3n) is 6.64. The molecule has 7 rings (SSSR count). The summed E-state index contributed by atoms with van der Waals surface area (Å²) in [7, 11) is 0. The van der Waals surface area contributed by atoms with Gasteiger partial charge >= 0.3 is 0 Å². The molecular formula is C30H18BrFN2. The number of hydrogen-bond acceptors (Lipinski definition) is 0. The van der Waals surface area contributed by atoms with Gasteiger partial charge in [-0.2, -0.15) is 0 Å². The lowest BCUT2D eigenvalue weighted by Gasteiger charge is -2.13. The number of nitrogens with zero attached hydrogens (tertiary/aromatic N) is 2. The largest absolute Gasteiger partial charge is 0.309 e. The van der Waals surface area contributed by atoms with Crippen molar-refractivity contribution in [3.63, 3.8) is 0 Å². The van der Waals surface area contributed by atoms with E-state index in [0.717, 1.165) is 48.6 Å². The third-order valence-corrected chi connectivity index (χ3v) is 7.28. The highest BCUT2D eigenvalue weighted by Gasteiger charge is 2.20. The Hall–Kier alpha value is -3.89. The Morgan fingerprint density at radius 3 is 1.91 bits per heavy atom. The summed E-state index contributed by atoms with van der Waals surface area (Å²) >= 11 is 3.83. The maximum absolute atomic E-state index is 15.3. The van der Waals surface area contributed by atoms with E-state index in [9.17, 15) is 0 Å². The molecule has 34 heavy (non-hydrogen) atoms. The van der Waals surface area contributed by atoms with E-state index in [4.69, 9.17) is 0 Å². The summed E-state index contributed by atoms with van der Waals surface area (Å²) in [6, 6.07) is 36.6. The highest BCUT2D eigenvalue weighted by molar-refractivity contribution is 9.10. The van der Waals surface area contributed by atoms with E-state index in [-0.39, 0.29) is 5.82 Å². The summed E-state index contributed by atoms with van der Waals surface area (Å²) < 4.78 is 20.5. The minimum absolute atomic E-state index is 0.232. The number of hydrogen-bond donors (Lipinski definition) is 0. The molecule has 4 heteroatoms. The van der Waals surface area contributed by atoms with Crippen molar-refractivity contribution in [3.05, 3.63) is 119 Å². The average molecular weight is 505 g/mol. The fourth-order valence-corrected chi connectivity index (χ4v) is 5.75. The molecule has 7 aromatic rings. The fraction of sp³-hybridized carbons (Fsp3) is 0. The van der Waals surface area contributed by atoms with Gasteiger partial charge in [0, 0.05) is 31.7 Å². The molecule has 0 spiro atoms. The van der Waals surface area contributed by atoms with Gasteiger partial charge in [-0.1, -0.05) is 66.7 Å². The van der Waals surface area contributed by atoms with Crippen LogP contribution in [-0.4, -0.2) is 9.13 Å². The van der Waals surface area contributed by atoms with Crippen LogP contribution in [0.25, 0.3) is 55.0 Å². The standard InChI is InChI=1S/C30H18BrFN2/c31-24-17-23-21-12-5-6-15-26(21)33(19-9-2-1-3-10-19)28(23)18-29(24)34-27-16-7-4-11-20(27)22-13-8-14-25(32)30(22)34/h1-18H. The first kappa shape index (κ1) is 19.6. The van der Waals surface area contributed by atoms with E-state index in [1.54, 1.807) is 6.07 Å². The second-order valence-electron chi connectivity index (χ2n) is 8.50. The summed E-state index contributed by atoms with van der Waals surface area (Å²) in [5.41, 5.74) is 5.78. The molecule has 0 N–H and O–H groups in total. The number of benzene rings is 5. The van der Waals surface area contributed by atoms with Gasteiger partial charge in [0.1, 0.15) is 5.82 Å². The molecule has 0 saturated heterocycles. The van der Waals surface area contributed by atoms with Crippen LogP contribution in [0.1, 0.15) is 0 Å². The van der Waals surface area contributed by atoms with Crippen molar-refractivity contribution in [2.75, 3.05) is 0 Å². The van der Waals surface area contributed by atoms with Crippen LogP contribution in [-0.2, 0) is 0 Å². The monoisotopic (exact) mass is 504 g/mol. The molecule has 0 bridgehead atoms. The summed E-state index contributed by atoms with van der Waals surface area (Å²) in [6.45, 7) is 0. The molecule has 162 valence electrons. The molecule has 2 nitrogen and oxygen atoms in total. The zero-order valence-corrected chi connectivity index (χ0v) is 19.6. The SMILES string of the molecule is Fc1cccc2c3ccccc3n(-c3cc4c(cc3Br)c3ccccc3n4-c3ccccc3)c12. The van der Waals surface area contributed by atoms with E-state index < -0.39 is 0 Å². The van der Waals surface area contributed by atoms with E-state index >= 15 is 4.39 Å². The normalized spacial score (nSPS) is 11.8. The quantitative estimate of drug-likeness (QED) is 0.222. The lowest BCUT2D eigenvalue weighted by atomic mass is 10.1. The van der Waals surface area contributed by atoms with Crippen molar-refractivity contribution in [1.82, 2.24) is 9.13 Å². The lowest BCUT2D eigenvalue weighted by molar-refractivity contribution is 0.635. The van der Waals surface area contributed by atoms with Gasteiger partial charge in [-0.05, 0) is 58.4 Å². The fourth-order valence-electron chi connectivity index (χ4n) is 5.23. The Kier molecular flexibility index (Phi) is 4.20. The van der Waals surface area contributed by atoms with Gasteiger partial charge in [-0.25, -0.2) is 4.39 Å². The van der Waals surface area contributed by atoms with Gasteiger partial charge in [0.05, 0.1) is 27.8 Å². The van der Waals surface area contributed by atoms with E-state index in [0.29, 0.717) is 5.52 Å². The van der Waals surface area contributed by atoms with Crippen molar-refractivity contribution in [2.24, 2.45) is 0 Å². The Labute approximate surface area is 203 Å². The smallest absolute Gasteiger partial charge is 0.147 e. The molecule has 5 aromatic carbocycles. The third kappa shape index (κ3) is 2.66. The summed E-state index contributed by atoms with van der Waals surface area (Å²) in [5.74, 6) is -0.232. The van der Waals surface area contributed by atoms with Crippen molar-refractivity contribution in [2.45, 2.75) is 0 Å². The van der Waals surface area contributed by atoms with Gasteiger partial charge in [0.2, 0.25) is 0 Å². The number of aromatic nitrogens is 2. The molecule has 0 aliphatic rings. The summed E-state index contributed by atoms with van der Waals surface area (Å²) in [6.07, 6.45) is 0. The Morgan fingerprint density at radius 1 is 0.529 bits per heavy atom. The minimum atomic E-state index is -0.232. The van der Waals surface area contributed by atoms with Gasteiger partial charge < -0.3 is 9.13 Å². The van der Waals surface area contributed by atoms with Crippen LogP contribution in [0.3, 0.4) is 0 Å². The van der Waals surface area contributed by atoms with Crippen LogP contribution in [0.5, 0.6) is 0 Å². The molecule has 0 radical (unpaired) electrons. The molecule has 2 aromatic heterocycles. The van der Waals surface area contributed by atoms with Crippen LogP contribution in [0.4, 0.5) is 4.39 Å². The van der Waals surface area contributed by atoms with Gasteiger partial charge in [-0.15, -0.1) is 0 Å². The molecule has 0 saturated carbocycles. The van der Waals surface area contributed by atoms with Gasteiger partial charge in [0.15, 0.2) is 0 Å². The number of para-hydroxylation sites is 4. The van der Waals surface area contributed by atoms with Crippen molar-refractivity contribution in [3.8, 4) is 11.4 Å². The number of halogens is 2. The van der Waals surface area contributed by atoms with Crippen LogP contribution >= 0.6 is 15.9 Å². The number of fused-ring (bicyclic) bond motifs is 6. The van der Waals surface area contributed by atoms with E-state index in [1.807, 2.05) is 28.8 Å². The maximum Gasteiger partial charge on any atom is 0.147 e. The van der Waals surface area contributed by atoms with Crippen LogP contribution < -0.4 is 0 Å². The van der Waals surface area contributed by atoms with Crippen LogP contribution in [0.2, 0.25) is 0 Å². The Morgan fingerprint density at radius 2 is 1.15 bits per heavy atom. The first-order valence-corrected chi connectivity index (χ1v) is 12.0. The minimum Gasteiger partial charge on any atom is -0.309 e. The topological polar surface area (TPSA) is 9.86 Å². The molecular weight excluding hydrogens is 487 g/mol. The second kappa shape index (κ2) is 7.31. The lowest BCUT2D eigenvalue weighted by Crippen LogP contribution is -1.99. The van der Waals surface area contributed by atoms with Crippen molar-refractivity contribution < 1.29 is 4.39 Å². The molecule has 0 amide bonds. The van der Waals surface area contributed by atoms with E-state index in [1.165, 1.54) is 11.5 Å². The molecule has 0 unspecified atom stereocenters. The van der Waals surface area contributed by atoms with Crippen LogP contribution in [0, 0.1) is 5.82 Å². The predicted molar refractivity (Wildman–Crippen MR) is 143 cm³/mol. The number of rotatable bonds is 2. The average Bonchev–Trinajstić information content (AvgIpc) is 3.38. The highest BCUT2D eigenvalue weighted by atomic mass is 79.9. The Bertz CT molecular complexity index is 1880. The van der Waals surface area contributed by atoms with Gasteiger partial charge in [-0.3, -0.25) is 0 Å². The van der Waals surface area contributed by atoms with Crippen molar-refractivity contribution in [1.29, 1.82) is 0 Å². The van der Waals surface area contributed by atoms with E-state index in [2.05, 4.69) is 93.3 Å². The zero-order valence-electron chi connectivity index (χ0n) is 18.0. The molecule has 0 aliphatic heterocycles. The maximum atomic E-state index is 15.3. The van der Waals surface area contributed by atoms with Crippen molar-refractivity contribution >= 4 is 59.5 Å². The zero-order chi connectivity index (χ0) is 22.8. The first-order chi connectivity index (χ1) is 16.7. The predicted octanol–water partition coefficient (Wildman–Crippen LogP) is 8.78. The highest BCUT2D eigenvalue weighted by Crippen LogP contribution is 2.40. The second-order valence-corrected chi connectivity index (χ2v) is 9.35. The molecule has 0 atom stereocenters. The Balaban J connectivity index is 1.66.